The lowest BCUT2D eigenvalue weighted by Gasteiger charge is -2.32. The number of piperazine rings is 1. The lowest BCUT2D eigenvalue weighted by atomic mass is 10.3. The molecule has 21 heavy (non-hydrogen) atoms. The number of fused-ring (bicyclic) bond motifs is 1. The maximum absolute atomic E-state index is 11.0. The third-order valence-electron chi connectivity index (χ3n) is 3.92. The second-order valence-corrected chi connectivity index (χ2v) is 5.39. The van der Waals surface area contributed by atoms with Crippen molar-refractivity contribution < 1.29 is 0 Å². The average molecular weight is 288 g/mol. The zero-order chi connectivity index (χ0) is 14.7. The molecule has 0 amide bonds. The third-order valence-corrected chi connectivity index (χ3v) is 3.92. The summed E-state index contributed by atoms with van der Waals surface area (Å²) < 4.78 is 1.68. The molecule has 0 radical (unpaired) electrons. The van der Waals surface area contributed by atoms with Gasteiger partial charge in [-0.1, -0.05) is 6.07 Å². The highest BCUT2D eigenvalue weighted by molar-refractivity contribution is 5.79. The van der Waals surface area contributed by atoms with Gasteiger partial charge in [-0.05, 0) is 24.4 Å². The Morgan fingerprint density at radius 3 is 2.86 bits per heavy atom. The Morgan fingerprint density at radius 1 is 1.29 bits per heavy atom. The van der Waals surface area contributed by atoms with Crippen LogP contribution in [0.3, 0.4) is 0 Å². The summed E-state index contributed by atoms with van der Waals surface area (Å²) in [7, 11) is 2.15. The summed E-state index contributed by atoms with van der Waals surface area (Å²) in [6.07, 6.45) is 1.82. The van der Waals surface area contributed by atoms with Crippen LogP contribution in [0.25, 0.3) is 5.52 Å². The Balaban J connectivity index is 1.61. The van der Waals surface area contributed by atoms with Gasteiger partial charge in [0.15, 0.2) is 11.5 Å². The van der Waals surface area contributed by atoms with Gasteiger partial charge in [0.25, 0.3) is 0 Å². The first kappa shape index (κ1) is 14.0. The Bertz CT molecular complexity index is 617. The predicted octanol–water partition coefficient (Wildman–Crippen LogP) is 1.39. The molecule has 112 valence electrons. The number of anilines is 1. The van der Waals surface area contributed by atoms with E-state index >= 15 is 0 Å². The van der Waals surface area contributed by atoms with Gasteiger partial charge in [-0.25, -0.2) is 4.52 Å². The average Bonchev–Trinajstić information content (AvgIpc) is 2.86. The highest BCUT2D eigenvalue weighted by Crippen LogP contribution is 2.28. The van der Waals surface area contributed by atoms with Crippen LogP contribution in [0.15, 0.2) is 29.6 Å². The number of hydrogen-bond acceptors (Lipinski definition) is 6. The van der Waals surface area contributed by atoms with E-state index in [1.165, 1.54) is 0 Å². The van der Waals surface area contributed by atoms with Crippen LogP contribution in [0.2, 0.25) is 0 Å². The summed E-state index contributed by atoms with van der Waals surface area (Å²) in [5.74, 6) is 0.560. The van der Waals surface area contributed by atoms with Crippen molar-refractivity contribution in [2.45, 2.75) is 0 Å². The Kier molecular flexibility index (Phi) is 4.12. The number of rotatable bonds is 5. The minimum absolute atomic E-state index is 0.383. The number of pyridine rings is 1. The zero-order valence-corrected chi connectivity index (χ0v) is 12.2. The fourth-order valence-electron chi connectivity index (χ4n) is 2.60. The van der Waals surface area contributed by atoms with E-state index < -0.39 is 0 Å². The van der Waals surface area contributed by atoms with Gasteiger partial charge >= 0.3 is 0 Å². The molecule has 1 aliphatic heterocycles. The molecule has 1 N–H and O–H groups in total. The van der Waals surface area contributed by atoms with Crippen molar-refractivity contribution in [3.63, 3.8) is 0 Å². The minimum Gasteiger partial charge on any atom is -0.365 e. The van der Waals surface area contributed by atoms with Gasteiger partial charge in [-0.15, -0.1) is 10.0 Å². The van der Waals surface area contributed by atoms with Crippen LogP contribution in [-0.2, 0) is 0 Å². The van der Waals surface area contributed by atoms with E-state index in [9.17, 15) is 4.91 Å². The second-order valence-electron chi connectivity index (χ2n) is 5.39. The van der Waals surface area contributed by atoms with Crippen LogP contribution < -0.4 is 5.32 Å². The number of hydrogen-bond donors (Lipinski definition) is 1. The van der Waals surface area contributed by atoms with E-state index in [0.29, 0.717) is 11.5 Å². The first-order valence-corrected chi connectivity index (χ1v) is 7.23. The summed E-state index contributed by atoms with van der Waals surface area (Å²) in [5.41, 5.74) is 1.11. The molecule has 7 heteroatoms. The summed E-state index contributed by atoms with van der Waals surface area (Å²) in [6.45, 7) is 6.09. The quantitative estimate of drug-likeness (QED) is 0.842. The molecule has 7 nitrogen and oxygen atoms in total. The maximum atomic E-state index is 11.0. The topological polar surface area (TPSA) is 65.2 Å². The number of nitroso groups, excluding NO2 is 1. The molecule has 1 saturated heterocycles. The van der Waals surface area contributed by atoms with E-state index in [2.05, 4.69) is 32.4 Å². The third kappa shape index (κ3) is 3.03. The van der Waals surface area contributed by atoms with Crippen LogP contribution in [0.1, 0.15) is 0 Å². The molecule has 0 atom stereocenters. The van der Waals surface area contributed by atoms with Crippen LogP contribution in [0.5, 0.6) is 0 Å². The fourth-order valence-corrected chi connectivity index (χ4v) is 2.60. The van der Waals surface area contributed by atoms with Gasteiger partial charge in [-0.2, -0.15) is 0 Å². The van der Waals surface area contributed by atoms with Crippen molar-refractivity contribution in [2.24, 2.45) is 5.18 Å². The van der Waals surface area contributed by atoms with Gasteiger partial charge in [0, 0.05) is 45.5 Å². The second kappa shape index (κ2) is 6.19. The van der Waals surface area contributed by atoms with Gasteiger partial charge < -0.3 is 10.2 Å². The first-order chi connectivity index (χ1) is 10.3. The van der Waals surface area contributed by atoms with Crippen LogP contribution in [0, 0.1) is 4.91 Å². The Morgan fingerprint density at radius 2 is 2.10 bits per heavy atom. The number of nitrogens with zero attached hydrogens (tertiary/aromatic N) is 5. The molecule has 0 bridgehead atoms. The summed E-state index contributed by atoms with van der Waals surface area (Å²) in [6, 6.07) is 5.59. The molecule has 2 aromatic heterocycles. The minimum atomic E-state index is 0.383. The molecule has 0 unspecified atom stereocenters. The standard InChI is InChI=1S/C14H20N6O/c1-18-8-10-19(11-9-18)7-5-15-14-13(17-21)12-4-2-3-6-20(12)16-14/h2-4,6H,5,7-11H2,1H3,(H,15,16). The van der Waals surface area contributed by atoms with Crippen LogP contribution in [0.4, 0.5) is 11.5 Å². The lowest BCUT2D eigenvalue weighted by molar-refractivity contribution is 0.158. The lowest BCUT2D eigenvalue weighted by Crippen LogP contribution is -2.45. The van der Waals surface area contributed by atoms with E-state index in [-0.39, 0.29) is 0 Å². The van der Waals surface area contributed by atoms with Gasteiger partial charge in [0.05, 0.1) is 5.52 Å². The fraction of sp³-hybridized carbons (Fsp3) is 0.500. The summed E-state index contributed by atoms with van der Waals surface area (Å²) in [4.78, 5) is 15.8. The summed E-state index contributed by atoms with van der Waals surface area (Å²) >= 11 is 0. The normalized spacial score (nSPS) is 17.2. The van der Waals surface area contributed by atoms with Gasteiger partial charge in [0.2, 0.25) is 0 Å². The van der Waals surface area contributed by atoms with Crippen molar-refractivity contribution in [1.29, 1.82) is 0 Å². The highest BCUT2D eigenvalue weighted by Gasteiger charge is 2.15. The monoisotopic (exact) mass is 288 g/mol. The molecule has 2 aromatic rings. The molecule has 0 spiro atoms. The first-order valence-electron chi connectivity index (χ1n) is 7.23. The Labute approximate surface area is 123 Å². The molecule has 0 saturated carbocycles. The van der Waals surface area contributed by atoms with Crippen molar-refractivity contribution in [3.8, 4) is 0 Å². The summed E-state index contributed by atoms with van der Waals surface area (Å²) in [5, 5.41) is 10.7. The number of nitrogens with one attached hydrogen (secondary N) is 1. The molecule has 0 aromatic carbocycles. The molecule has 0 aliphatic carbocycles. The Hall–Kier alpha value is -1.99. The smallest absolute Gasteiger partial charge is 0.178 e. The highest BCUT2D eigenvalue weighted by atomic mass is 16.3. The van der Waals surface area contributed by atoms with E-state index in [4.69, 9.17) is 0 Å². The van der Waals surface area contributed by atoms with E-state index in [1.54, 1.807) is 4.52 Å². The molecule has 3 rings (SSSR count). The van der Waals surface area contributed by atoms with Gasteiger partial charge in [0.1, 0.15) is 0 Å². The number of likely N-dealkylation sites (N-methyl/N-ethyl adjacent to an activating group) is 1. The van der Waals surface area contributed by atoms with Crippen LogP contribution >= 0.6 is 0 Å². The molecule has 1 fully saturated rings. The SMILES string of the molecule is CN1CCN(CCNc2nn3ccccc3c2N=O)CC1. The zero-order valence-electron chi connectivity index (χ0n) is 12.2. The predicted molar refractivity (Wildman–Crippen MR) is 83.1 cm³/mol. The van der Waals surface area contributed by atoms with Crippen molar-refractivity contribution >= 4 is 17.0 Å². The van der Waals surface area contributed by atoms with Crippen molar-refractivity contribution in [3.05, 3.63) is 29.3 Å². The molecule has 1 aliphatic rings. The number of aromatic nitrogens is 2. The molecular weight excluding hydrogens is 268 g/mol. The molecular formula is C14H20N6O. The van der Waals surface area contributed by atoms with E-state index in [0.717, 1.165) is 44.8 Å². The van der Waals surface area contributed by atoms with Gasteiger partial charge in [-0.3, -0.25) is 4.90 Å². The van der Waals surface area contributed by atoms with Crippen molar-refractivity contribution in [1.82, 2.24) is 19.4 Å². The largest absolute Gasteiger partial charge is 0.365 e. The van der Waals surface area contributed by atoms with Crippen LogP contribution in [-0.4, -0.2) is 65.7 Å². The maximum Gasteiger partial charge on any atom is 0.178 e. The van der Waals surface area contributed by atoms with Crippen molar-refractivity contribution in [2.75, 3.05) is 51.6 Å². The molecule has 3 heterocycles. The van der Waals surface area contributed by atoms with E-state index in [1.807, 2.05) is 24.4 Å².